The van der Waals surface area contributed by atoms with Crippen molar-refractivity contribution in [1.29, 1.82) is 0 Å². The number of halogens is 1. The van der Waals surface area contributed by atoms with Crippen molar-refractivity contribution >= 4 is 23.4 Å². The van der Waals surface area contributed by atoms with E-state index in [2.05, 4.69) is 0 Å². The summed E-state index contributed by atoms with van der Waals surface area (Å²) in [5.74, 6) is 0.536. The highest BCUT2D eigenvalue weighted by Gasteiger charge is 2.30. The van der Waals surface area contributed by atoms with Crippen LogP contribution < -0.4 is 4.74 Å². The van der Waals surface area contributed by atoms with Gasteiger partial charge in [-0.1, -0.05) is 44.5 Å². The number of amides is 2. The second-order valence-electron chi connectivity index (χ2n) is 6.64. The van der Waals surface area contributed by atoms with Gasteiger partial charge in [-0.05, 0) is 12.1 Å². The molecule has 0 N–H and O–H groups in total. The molecule has 1 aliphatic rings. The number of para-hydroxylation sites is 1. The van der Waals surface area contributed by atoms with Crippen LogP contribution in [-0.2, 0) is 9.59 Å². The predicted molar refractivity (Wildman–Crippen MR) is 89.6 cm³/mol. The molecular formula is C17H23ClN2O3. The fraction of sp³-hybridized carbons (Fsp3) is 0.529. The van der Waals surface area contributed by atoms with Gasteiger partial charge in [0.05, 0.1) is 5.02 Å². The predicted octanol–water partition coefficient (Wildman–Crippen LogP) is 2.44. The molecule has 0 spiro atoms. The van der Waals surface area contributed by atoms with Gasteiger partial charge < -0.3 is 14.5 Å². The van der Waals surface area contributed by atoms with Crippen LogP contribution in [-0.4, -0.2) is 54.4 Å². The Hall–Kier alpha value is -1.75. The SMILES string of the molecule is CC(C)(C)C(=O)N1CCN(C(=O)COc2ccccc2Cl)CC1. The zero-order chi connectivity index (χ0) is 17.0. The Kier molecular flexibility index (Phi) is 5.52. The van der Waals surface area contributed by atoms with Crippen molar-refractivity contribution in [2.45, 2.75) is 20.8 Å². The molecule has 1 heterocycles. The summed E-state index contributed by atoms with van der Waals surface area (Å²) in [4.78, 5) is 28.0. The summed E-state index contributed by atoms with van der Waals surface area (Å²) in [5.41, 5.74) is -0.390. The van der Waals surface area contributed by atoms with E-state index in [-0.39, 0.29) is 23.8 Å². The van der Waals surface area contributed by atoms with Gasteiger partial charge in [0.15, 0.2) is 6.61 Å². The Balaban J connectivity index is 1.82. The fourth-order valence-corrected chi connectivity index (χ4v) is 2.62. The Bertz CT molecular complexity index is 575. The molecule has 0 unspecified atom stereocenters. The molecule has 0 saturated carbocycles. The van der Waals surface area contributed by atoms with E-state index >= 15 is 0 Å². The zero-order valence-electron chi connectivity index (χ0n) is 13.8. The van der Waals surface area contributed by atoms with Crippen molar-refractivity contribution in [3.05, 3.63) is 29.3 Å². The van der Waals surface area contributed by atoms with E-state index in [1.807, 2.05) is 37.8 Å². The van der Waals surface area contributed by atoms with Gasteiger partial charge in [0.25, 0.3) is 5.91 Å². The fourth-order valence-electron chi connectivity index (χ4n) is 2.43. The highest BCUT2D eigenvalue weighted by atomic mass is 35.5. The first-order valence-corrected chi connectivity index (χ1v) is 8.11. The monoisotopic (exact) mass is 338 g/mol. The van der Waals surface area contributed by atoms with Crippen LogP contribution in [0.4, 0.5) is 0 Å². The normalized spacial score (nSPS) is 15.5. The van der Waals surface area contributed by atoms with Crippen LogP contribution in [0.1, 0.15) is 20.8 Å². The first-order chi connectivity index (χ1) is 10.8. The largest absolute Gasteiger partial charge is 0.482 e. The molecule has 2 amide bonds. The van der Waals surface area contributed by atoms with E-state index in [1.165, 1.54) is 0 Å². The summed E-state index contributed by atoms with van der Waals surface area (Å²) < 4.78 is 5.48. The molecule has 0 aliphatic carbocycles. The third-order valence-electron chi connectivity index (χ3n) is 3.75. The van der Waals surface area contributed by atoms with E-state index in [9.17, 15) is 9.59 Å². The molecule has 23 heavy (non-hydrogen) atoms. The zero-order valence-corrected chi connectivity index (χ0v) is 14.6. The van der Waals surface area contributed by atoms with Gasteiger partial charge in [-0.3, -0.25) is 9.59 Å². The summed E-state index contributed by atoms with van der Waals surface area (Å²) in [7, 11) is 0. The lowest BCUT2D eigenvalue weighted by molar-refractivity contribution is -0.145. The topological polar surface area (TPSA) is 49.9 Å². The molecule has 1 aromatic rings. The summed E-state index contributed by atoms with van der Waals surface area (Å²) in [6, 6.07) is 7.07. The molecule has 0 bridgehead atoms. The van der Waals surface area contributed by atoms with Crippen LogP contribution in [0.15, 0.2) is 24.3 Å². The summed E-state index contributed by atoms with van der Waals surface area (Å²) in [6.07, 6.45) is 0. The number of nitrogens with zero attached hydrogens (tertiary/aromatic N) is 2. The average molecular weight is 339 g/mol. The maximum atomic E-state index is 12.2. The molecule has 5 nitrogen and oxygen atoms in total. The van der Waals surface area contributed by atoms with Crippen molar-refractivity contribution in [2.24, 2.45) is 5.41 Å². The van der Waals surface area contributed by atoms with Crippen LogP contribution >= 0.6 is 11.6 Å². The standard InChI is InChI=1S/C17H23ClN2O3/c1-17(2,3)16(22)20-10-8-19(9-11-20)15(21)12-23-14-7-5-4-6-13(14)18/h4-7H,8-12H2,1-3H3. The number of rotatable bonds is 3. The van der Waals surface area contributed by atoms with Crippen molar-refractivity contribution in [3.63, 3.8) is 0 Å². The van der Waals surface area contributed by atoms with Crippen LogP contribution in [0.5, 0.6) is 5.75 Å². The molecular weight excluding hydrogens is 316 g/mol. The second-order valence-corrected chi connectivity index (χ2v) is 7.05. The Morgan fingerprint density at radius 2 is 1.65 bits per heavy atom. The number of carbonyl (C=O) groups is 2. The highest BCUT2D eigenvalue weighted by Crippen LogP contribution is 2.23. The molecule has 0 aromatic heterocycles. The van der Waals surface area contributed by atoms with Gasteiger partial charge >= 0.3 is 0 Å². The number of benzene rings is 1. The summed E-state index contributed by atoms with van der Waals surface area (Å²) >= 11 is 6.00. The van der Waals surface area contributed by atoms with Crippen LogP contribution in [0.2, 0.25) is 5.02 Å². The van der Waals surface area contributed by atoms with Crippen molar-refractivity contribution < 1.29 is 14.3 Å². The number of hydrogen-bond acceptors (Lipinski definition) is 3. The van der Waals surface area contributed by atoms with Crippen molar-refractivity contribution in [2.75, 3.05) is 32.8 Å². The van der Waals surface area contributed by atoms with Gasteiger partial charge in [-0.2, -0.15) is 0 Å². The van der Waals surface area contributed by atoms with E-state index in [0.717, 1.165) is 0 Å². The van der Waals surface area contributed by atoms with Crippen molar-refractivity contribution in [1.82, 2.24) is 9.80 Å². The lowest BCUT2D eigenvalue weighted by atomic mass is 9.94. The van der Waals surface area contributed by atoms with Crippen LogP contribution in [0.3, 0.4) is 0 Å². The summed E-state index contributed by atoms with van der Waals surface area (Å²) in [5, 5.41) is 0.487. The van der Waals surface area contributed by atoms with E-state index < -0.39 is 0 Å². The van der Waals surface area contributed by atoms with Crippen molar-refractivity contribution in [3.8, 4) is 5.75 Å². The molecule has 126 valence electrons. The molecule has 1 aliphatic heterocycles. The third-order valence-corrected chi connectivity index (χ3v) is 4.06. The Morgan fingerprint density at radius 3 is 2.22 bits per heavy atom. The molecule has 2 rings (SSSR count). The molecule has 0 radical (unpaired) electrons. The Morgan fingerprint density at radius 1 is 1.09 bits per heavy atom. The minimum Gasteiger partial charge on any atom is -0.482 e. The first-order valence-electron chi connectivity index (χ1n) is 7.73. The van der Waals surface area contributed by atoms with Crippen LogP contribution in [0.25, 0.3) is 0 Å². The number of ether oxygens (including phenoxy) is 1. The minimum atomic E-state index is -0.390. The lowest BCUT2D eigenvalue weighted by Gasteiger charge is -2.37. The number of carbonyl (C=O) groups excluding carboxylic acids is 2. The maximum Gasteiger partial charge on any atom is 0.260 e. The van der Waals surface area contributed by atoms with Gasteiger partial charge in [-0.25, -0.2) is 0 Å². The highest BCUT2D eigenvalue weighted by molar-refractivity contribution is 6.32. The molecule has 1 fully saturated rings. The van der Waals surface area contributed by atoms with E-state index in [1.54, 1.807) is 17.0 Å². The molecule has 1 aromatic carbocycles. The molecule has 6 heteroatoms. The van der Waals surface area contributed by atoms with E-state index in [4.69, 9.17) is 16.3 Å². The smallest absolute Gasteiger partial charge is 0.260 e. The Labute approximate surface area is 142 Å². The molecule has 1 saturated heterocycles. The number of piperazine rings is 1. The molecule has 0 atom stereocenters. The quantitative estimate of drug-likeness (QED) is 0.850. The average Bonchev–Trinajstić information content (AvgIpc) is 2.52. The lowest BCUT2D eigenvalue weighted by Crippen LogP contribution is -2.53. The van der Waals surface area contributed by atoms with E-state index in [0.29, 0.717) is 37.0 Å². The third kappa shape index (κ3) is 4.61. The second kappa shape index (κ2) is 7.21. The summed E-state index contributed by atoms with van der Waals surface area (Å²) in [6.45, 7) is 7.87. The van der Waals surface area contributed by atoms with Gasteiger partial charge in [0, 0.05) is 31.6 Å². The van der Waals surface area contributed by atoms with Gasteiger partial charge in [0.2, 0.25) is 5.91 Å². The van der Waals surface area contributed by atoms with Gasteiger partial charge in [0.1, 0.15) is 5.75 Å². The van der Waals surface area contributed by atoms with Crippen LogP contribution in [0, 0.1) is 5.41 Å². The maximum absolute atomic E-state index is 12.2. The minimum absolute atomic E-state index is 0.0447. The van der Waals surface area contributed by atoms with Gasteiger partial charge in [-0.15, -0.1) is 0 Å². The number of hydrogen-bond donors (Lipinski definition) is 0. The first kappa shape index (κ1) is 17.6.